The van der Waals surface area contributed by atoms with Crippen LogP contribution in [0.3, 0.4) is 0 Å². The molecule has 1 aliphatic heterocycles. The van der Waals surface area contributed by atoms with Gasteiger partial charge in [0.05, 0.1) is 21.1 Å². The summed E-state index contributed by atoms with van der Waals surface area (Å²) < 4.78 is 0. The SMILES string of the molecule is Cc1sc([C@@H]2CC[C@@H](C)N(C(=O)c3ccsc3-c3ncccn3)C2)nc1C(C)(C)O. The largest absolute Gasteiger partial charge is 0.384 e. The van der Waals surface area contributed by atoms with Gasteiger partial charge in [-0.2, -0.15) is 0 Å². The first-order valence-electron chi connectivity index (χ1n) is 10.1. The van der Waals surface area contributed by atoms with Crippen molar-refractivity contribution < 1.29 is 9.90 Å². The summed E-state index contributed by atoms with van der Waals surface area (Å²) in [6.07, 6.45) is 5.30. The molecule has 1 saturated heterocycles. The lowest BCUT2D eigenvalue weighted by molar-refractivity contribution is 0.0606. The fraction of sp³-hybridized carbons (Fsp3) is 0.455. The lowest BCUT2D eigenvalue weighted by Crippen LogP contribution is -2.44. The highest BCUT2D eigenvalue weighted by molar-refractivity contribution is 7.14. The van der Waals surface area contributed by atoms with Crippen molar-refractivity contribution in [3.8, 4) is 10.7 Å². The van der Waals surface area contributed by atoms with Gasteiger partial charge in [0.25, 0.3) is 5.91 Å². The number of thiophene rings is 1. The van der Waals surface area contributed by atoms with Gasteiger partial charge in [-0.25, -0.2) is 15.0 Å². The zero-order chi connectivity index (χ0) is 21.5. The molecule has 30 heavy (non-hydrogen) atoms. The van der Waals surface area contributed by atoms with Crippen molar-refractivity contribution in [3.05, 3.63) is 51.0 Å². The number of aromatic nitrogens is 3. The number of hydrogen-bond donors (Lipinski definition) is 1. The lowest BCUT2D eigenvalue weighted by atomic mass is 9.93. The van der Waals surface area contributed by atoms with E-state index in [0.29, 0.717) is 17.9 Å². The Morgan fingerprint density at radius 1 is 1.27 bits per heavy atom. The van der Waals surface area contributed by atoms with Crippen molar-refractivity contribution in [1.29, 1.82) is 0 Å². The van der Waals surface area contributed by atoms with Crippen molar-refractivity contribution in [2.75, 3.05) is 6.54 Å². The van der Waals surface area contributed by atoms with E-state index in [0.717, 1.165) is 33.3 Å². The summed E-state index contributed by atoms with van der Waals surface area (Å²) in [7, 11) is 0. The Bertz CT molecular complexity index is 1040. The first-order valence-corrected chi connectivity index (χ1v) is 11.8. The number of carbonyl (C=O) groups excluding carboxylic acids is 1. The third-order valence-corrected chi connectivity index (χ3v) is 7.59. The number of carbonyl (C=O) groups is 1. The summed E-state index contributed by atoms with van der Waals surface area (Å²) in [5.41, 5.74) is 0.434. The summed E-state index contributed by atoms with van der Waals surface area (Å²) >= 11 is 3.12. The second-order valence-electron chi connectivity index (χ2n) is 8.33. The molecule has 3 aromatic rings. The molecule has 0 aliphatic carbocycles. The first kappa shape index (κ1) is 21.1. The van der Waals surface area contributed by atoms with E-state index < -0.39 is 5.60 Å². The number of aliphatic hydroxyl groups is 1. The molecule has 2 atom stereocenters. The molecule has 4 rings (SSSR count). The smallest absolute Gasteiger partial charge is 0.255 e. The predicted octanol–water partition coefficient (Wildman–Crippen LogP) is 4.61. The monoisotopic (exact) mass is 442 g/mol. The number of nitrogens with zero attached hydrogens (tertiary/aromatic N) is 4. The molecule has 0 unspecified atom stereocenters. The van der Waals surface area contributed by atoms with Gasteiger partial charge < -0.3 is 10.0 Å². The molecule has 6 nitrogen and oxygen atoms in total. The van der Waals surface area contributed by atoms with Crippen LogP contribution in [0, 0.1) is 6.92 Å². The Morgan fingerprint density at radius 2 is 2.00 bits per heavy atom. The maximum absolute atomic E-state index is 13.5. The number of hydrogen-bond acceptors (Lipinski definition) is 7. The Kier molecular flexibility index (Phi) is 5.74. The normalized spacial score (nSPS) is 19.8. The Hall–Kier alpha value is -2.16. The lowest BCUT2D eigenvalue weighted by Gasteiger charge is -2.37. The second-order valence-corrected chi connectivity index (χ2v) is 10.5. The maximum Gasteiger partial charge on any atom is 0.255 e. The molecule has 8 heteroatoms. The summed E-state index contributed by atoms with van der Waals surface area (Å²) in [6, 6.07) is 3.80. The number of rotatable bonds is 4. The van der Waals surface area contributed by atoms with Crippen LogP contribution < -0.4 is 0 Å². The molecule has 0 saturated carbocycles. The van der Waals surface area contributed by atoms with Crippen LogP contribution in [0.25, 0.3) is 10.7 Å². The van der Waals surface area contributed by atoms with Gasteiger partial charge in [0.15, 0.2) is 5.82 Å². The number of likely N-dealkylation sites (tertiary alicyclic amines) is 1. The average Bonchev–Trinajstić information content (AvgIpc) is 3.35. The number of aryl methyl sites for hydroxylation is 1. The van der Waals surface area contributed by atoms with Crippen molar-refractivity contribution in [3.63, 3.8) is 0 Å². The van der Waals surface area contributed by atoms with Gasteiger partial charge in [-0.1, -0.05) is 0 Å². The standard InChI is InChI=1S/C22H26N4O2S2/c1-13-6-7-15(20-25-18(14(2)30-20)22(3,4)28)12-26(13)21(27)16-8-11-29-17(16)19-23-9-5-10-24-19/h5,8-11,13,15,28H,6-7,12H2,1-4H3/t13-,15-/m1/s1. The van der Waals surface area contributed by atoms with Crippen LogP contribution in [-0.4, -0.2) is 43.5 Å². The number of thiazole rings is 1. The van der Waals surface area contributed by atoms with E-state index in [2.05, 4.69) is 16.9 Å². The molecular weight excluding hydrogens is 416 g/mol. The number of amides is 1. The van der Waals surface area contributed by atoms with Crippen molar-refractivity contribution in [2.45, 2.75) is 58.1 Å². The van der Waals surface area contributed by atoms with E-state index in [1.165, 1.54) is 11.3 Å². The van der Waals surface area contributed by atoms with E-state index in [1.54, 1.807) is 43.6 Å². The van der Waals surface area contributed by atoms with Crippen LogP contribution in [-0.2, 0) is 5.60 Å². The van der Waals surface area contributed by atoms with Crippen LogP contribution in [0.2, 0.25) is 0 Å². The average molecular weight is 443 g/mol. The highest BCUT2D eigenvalue weighted by Gasteiger charge is 2.34. The van der Waals surface area contributed by atoms with Gasteiger partial charge in [-0.05, 0) is 58.0 Å². The highest BCUT2D eigenvalue weighted by Crippen LogP contribution is 2.37. The van der Waals surface area contributed by atoms with Crippen LogP contribution in [0.1, 0.15) is 65.5 Å². The molecule has 0 aromatic carbocycles. The molecular formula is C22H26N4O2S2. The first-order chi connectivity index (χ1) is 14.3. The third-order valence-electron chi connectivity index (χ3n) is 5.55. The van der Waals surface area contributed by atoms with Gasteiger partial charge in [-0.3, -0.25) is 4.79 Å². The van der Waals surface area contributed by atoms with Crippen LogP contribution in [0.5, 0.6) is 0 Å². The van der Waals surface area contributed by atoms with Crippen molar-refractivity contribution in [1.82, 2.24) is 19.9 Å². The Morgan fingerprint density at radius 3 is 2.67 bits per heavy atom. The summed E-state index contributed by atoms with van der Waals surface area (Å²) in [5, 5.41) is 13.3. The zero-order valence-corrected chi connectivity index (χ0v) is 19.3. The molecule has 3 aromatic heterocycles. The topological polar surface area (TPSA) is 79.2 Å². The minimum atomic E-state index is -0.961. The molecule has 1 fully saturated rings. The maximum atomic E-state index is 13.5. The van der Waals surface area contributed by atoms with Gasteiger partial charge >= 0.3 is 0 Å². The fourth-order valence-corrected chi connectivity index (χ4v) is 6.01. The minimum absolute atomic E-state index is 0.0203. The Balaban J connectivity index is 1.60. The summed E-state index contributed by atoms with van der Waals surface area (Å²) in [5.74, 6) is 0.786. The fourth-order valence-electron chi connectivity index (χ4n) is 3.97. The van der Waals surface area contributed by atoms with Crippen LogP contribution >= 0.6 is 22.7 Å². The highest BCUT2D eigenvalue weighted by atomic mass is 32.1. The van der Waals surface area contributed by atoms with E-state index in [4.69, 9.17) is 4.98 Å². The molecule has 1 amide bonds. The van der Waals surface area contributed by atoms with E-state index in [-0.39, 0.29) is 17.9 Å². The third kappa shape index (κ3) is 4.04. The molecule has 1 aliphatic rings. The van der Waals surface area contributed by atoms with Gasteiger partial charge in [0, 0.05) is 35.8 Å². The number of piperidine rings is 1. The Labute approximate surface area is 184 Å². The van der Waals surface area contributed by atoms with E-state index >= 15 is 0 Å². The predicted molar refractivity (Wildman–Crippen MR) is 120 cm³/mol. The van der Waals surface area contributed by atoms with E-state index in [1.807, 2.05) is 23.3 Å². The molecule has 1 N–H and O–H groups in total. The summed E-state index contributed by atoms with van der Waals surface area (Å²) in [6.45, 7) is 8.26. The van der Waals surface area contributed by atoms with Crippen LogP contribution in [0.4, 0.5) is 0 Å². The second kappa shape index (κ2) is 8.17. The zero-order valence-electron chi connectivity index (χ0n) is 17.6. The molecule has 0 bridgehead atoms. The molecule has 0 spiro atoms. The van der Waals surface area contributed by atoms with Gasteiger partial charge in [-0.15, -0.1) is 22.7 Å². The van der Waals surface area contributed by atoms with Crippen LogP contribution in [0.15, 0.2) is 29.9 Å². The minimum Gasteiger partial charge on any atom is -0.384 e. The summed E-state index contributed by atoms with van der Waals surface area (Å²) in [4.78, 5) is 30.7. The van der Waals surface area contributed by atoms with Gasteiger partial charge in [0.2, 0.25) is 0 Å². The van der Waals surface area contributed by atoms with Crippen molar-refractivity contribution in [2.24, 2.45) is 0 Å². The molecule has 0 radical (unpaired) electrons. The van der Waals surface area contributed by atoms with Gasteiger partial charge in [0.1, 0.15) is 5.60 Å². The van der Waals surface area contributed by atoms with E-state index in [9.17, 15) is 9.90 Å². The molecule has 4 heterocycles. The quantitative estimate of drug-likeness (QED) is 0.638. The molecule has 158 valence electrons. The van der Waals surface area contributed by atoms with Crippen molar-refractivity contribution >= 4 is 28.6 Å².